The number of aliphatic imine (C=N–C) groups is 2. The number of nitrogens with zero attached hydrogens (tertiary/aromatic N) is 6. The van der Waals surface area contributed by atoms with Gasteiger partial charge in [0.1, 0.15) is 0 Å². The van der Waals surface area contributed by atoms with Crippen molar-refractivity contribution in [2.45, 2.75) is 18.5 Å². The maximum Gasteiger partial charge on any atom is 0.249 e. The zero-order chi connectivity index (χ0) is 23.8. The van der Waals surface area contributed by atoms with E-state index >= 15 is 0 Å². The van der Waals surface area contributed by atoms with Crippen molar-refractivity contribution in [3.8, 4) is 11.5 Å². The molecule has 6 rings (SSSR count). The van der Waals surface area contributed by atoms with Gasteiger partial charge in [-0.3, -0.25) is 15.0 Å². The molecule has 1 spiro atoms. The Bertz CT molecular complexity index is 1480. The highest BCUT2D eigenvalue weighted by Gasteiger charge is 2.38. The van der Waals surface area contributed by atoms with Crippen LogP contribution in [0.15, 0.2) is 85.7 Å². The van der Waals surface area contributed by atoms with E-state index in [0.29, 0.717) is 11.8 Å². The monoisotopic (exact) mass is 526 g/mol. The molecule has 1 saturated heterocycles. The van der Waals surface area contributed by atoms with Crippen LogP contribution in [0.1, 0.15) is 24.3 Å². The van der Waals surface area contributed by atoms with Crippen LogP contribution in [0.5, 0.6) is 0 Å². The molecule has 0 aliphatic carbocycles. The molecule has 7 nitrogen and oxygen atoms in total. The molecule has 2 aromatic heterocycles. The van der Waals surface area contributed by atoms with Crippen molar-refractivity contribution in [2.75, 3.05) is 20.1 Å². The van der Waals surface area contributed by atoms with Crippen LogP contribution in [-0.4, -0.2) is 57.3 Å². The number of halogens is 1. The fraction of sp³-hybridized carbons (Fsp3) is 0.222. The number of fused-ring (bicyclic) bond motifs is 1. The lowest BCUT2D eigenvalue weighted by Gasteiger charge is -2.33. The predicted octanol–water partition coefficient (Wildman–Crippen LogP) is 5.43. The summed E-state index contributed by atoms with van der Waals surface area (Å²) in [5.74, 6) is 0.847. The van der Waals surface area contributed by atoms with Crippen molar-refractivity contribution in [1.29, 1.82) is 0 Å². The lowest BCUT2D eigenvalue weighted by molar-refractivity contribution is 0.200. The Balaban J connectivity index is 1.30. The standard InChI is InChI=1S/C27H23BrN6O/c1-34-14-12-27(13-15-34)30-23(25(31-27)18-6-8-21(28)9-7-18)10-11-24-32-33-26(35-24)20-16-19-4-2-3-5-22(19)29-17-20/h2-11,16-17H,12-15H2,1H3/b11-10+. The molecule has 0 N–H and O–H groups in total. The summed E-state index contributed by atoms with van der Waals surface area (Å²) in [6, 6.07) is 18.1. The van der Waals surface area contributed by atoms with Crippen LogP contribution in [0.2, 0.25) is 0 Å². The maximum absolute atomic E-state index is 5.93. The van der Waals surface area contributed by atoms with E-state index in [9.17, 15) is 0 Å². The summed E-state index contributed by atoms with van der Waals surface area (Å²) in [6.45, 7) is 1.95. The summed E-state index contributed by atoms with van der Waals surface area (Å²) >= 11 is 3.52. The molecule has 35 heavy (non-hydrogen) atoms. The fourth-order valence-corrected chi connectivity index (χ4v) is 4.73. The summed E-state index contributed by atoms with van der Waals surface area (Å²) in [7, 11) is 2.14. The number of piperidine rings is 1. The van der Waals surface area contributed by atoms with Crippen molar-refractivity contribution < 1.29 is 4.42 Å². The van der Waals surface area contributed by atoms with Gasteiger partial charge in [-0.2, -0.15) is 0 Å². The first-order valence-electron chi connectivity index (χ1n) is 11.6. The molecule has 4 aromatic rings. The molecule has 0 amide bonds. The second-order valence-corrected chi connectivity index (χ2v) is 9.86. The summed E-state index contributed by atoms with van der Waals surface area (Å²) in [5, 5.41) is 9.47. The Morgan fingerprint density at radius 1 is 0.943 bits per heavy atom. The molecule has 0 saturated carbocycles. The zero-order valence-corrected chi connectivity index (χ0v) is 20.8. The highest BCUT2D eigenvalue weighted by Crippen LogP contribution is 2.33. The molecule has 8 heteroatoms. The van der Waals surface area contributed by atoms with E-state index in [1.165, 1.54) is 0 Å². The fourth-order valence-electron chi connectivity index (χ4n) is 4.46. The molecule has 4 heterocycles. The SMILES string of the molecule is CN1CCC2(CC1)N=C(/C=C/c1nnc(-c3cnc4ccccc4c3)o1)C(c1ccc(Br)cc1)=N2. The molecule has 0 radical (unpaired) electrons. The molecule has 2 aromatic carbocycles. The van der Waals surface area contributed by atoms with E-state index in [4.69, 9.17) is 14.4 Å². The molecular formula is C27H23BrN6O. The van der Waals surface area contributed by atoms with Gasteiger partial charge in [0.2, 0.25) is 11.8 Å². The van der Waals surface area contributed by atoms with Gasteiger partial charge >= 0.3 is 0 Å². The summed E-state index contributed by atoms with van der Waals surface area (Å²) < 4.78 is 6.96. The molecular weight excluding hydrogens is 504 g/mol. The van der Waals surface area contributed by atoms with Crippen molar-refractivity contribution in [2.24, 2.45) is 9.98 Å². The Hall–Kier alpha value is -3.49. The number of hydrogen-bond donors (Lipinski definition) is 0. The first kappa shape index (κ1) is 22.0. The van der Waals surface area contributed by atoms with Crippen molar-refractivity contribution >= 4 is 44.3 Å². The van der Waals surface area contributed by atoms with Gasteiger partial charge in [0.05, 0.1) is 22.5 Å². The average molecular weight is 527 g/mol. The Kier molecular flexibility index (Phi) is 5.62. The van der Waals surface area contributed by atoms with Crippen LogP contribution < -0.4 is 0 Å². The minimum absolute atomic E-state index is 0.397. The average Bonchev–Trinajstić information content (AvgIpc) is 3.50. The van der Waals surface area contributed by atoms with E-state index in [-0.39, 0.29) is 0 Å². The van der Waals surface area contributed by atoms with Crippen LogP contribution in [0.4, 0.5) is 0 Å². The smallest absolute Gasteiger partial charge is 0.249 e. The van der Waals surface area contributed by atoms with Crippen LogP contribution >= 0.6 is 15.9 Å². The predicted molar refractivity (Wildman–Crippen MR) is 142 cm³/mol. The Morgan fingerprint density at radius 2 is 1.74 bits per heavy atom. The van der Waals surface area contributed by atoms with Gasteiger partial charge in [-0.25, -0.2) is 0 Å². The highest BCUT2D eigenvalue weighted by molar-refractivity contribution is 9.10. The number of likely N-dealkylation sites (tertiary alicyclic amines) is 1. The van der Waals surface area contributed by atoms with Crippen molar-refractivity contribution in [3.05, 3.63) is 82.8 Å². The molecule has 0 bridgehead atoms. The largest absolute Gasteiger partial charge is 0.417 e. The van der Waals surface area contributed by atoms with Gasteiger partial charge in [0, 0.05) is 53.6 Å². The maximum atomic E-state index is 5.93. The number of allylic oxidation sites excluding steroid dienone is 1. The first-order chi connectivity index (χ1) is 17.1. The van der Waals surface area contributed by atoms with Crippen molar-refractivity contribution in [3.63, 3.8) is 0 Å². The molecule has 174 valence electrons. The van der Waals surface area contributed by atoms with Gasteiger partial charge in [-0.05, 0) is 37.4 Å². The number of rotatable bonds is 4. The second kappa shape index (κ2) is 8.94. The van der Waals surface area contributed by atoms with E-state index < -0.39 is 5.66 Å². The zero-order valence-electron chi connectivity index (χ0n) is 19.2. The third-order valence-electron chi connectivity index (χ3n) is 6.46. The quantitative estimate of drug-likeness (QED) is 0.354. The van der Waals surface area contributed by atoms with E-state index in [1.807, 2.05) is 54.6 Å². The molecule has 1 fully saturated rings. The minimum Gasteiger partial charge on any atom is -0.417 e. The van der Waals surface area contributed by atoms with Crippen molar-refractivity contribution in [1.82, 2.24) is 20.1 Å². The molecule has 0 unspecified atom stereocenters. The normalized spacial score (nSPS) is 17.9. The second-order valence-electron chi connectivity index (χ2n) is 8.95. The van der Waals surface area contributed by atoms with Gasteiger partial charge in [-0.15, -0.1) is 10.2 Å². The molecule has 0 atom stereocenters. The van der Waals surface area contributed by atoms with E-state index in [2.05, 4.69) is 55.2 Å². The van der Waals surface area contributed by atoms with Crippen LogP contribution in [0, 0.1) is 0 Å². The Morgan fingerprint density at radius 3 is 2.57 bits per heavy atom. The summed E-state index contributed by atoms with van der Waals surface area (Å²) in [4.78, 5) is 17.0. The summed E-state index contributed by atoms with van der Waals surface area (Å²) in [5.41, 5.74) is 4.10. The lowest BCUT2D eigenvalue weighted by atomic mass is 9.99. The minimum atomic E-state index is -0.397. The number of aromatic nitrogens is 3. The van der Waals surface area contributed by atoms with Gasteiger partial charge in [-0.1, -0.05) is 46.3 Å². The van der Waals surface area contributed by atoms with E-state index in [1.54, 1.807) is 6.20 Å². The van der Waals surface area contributed by atoms with Crippen LogP contribution in [0.25, 0.3) is 28.4 Å². The van der Waals surface area contributed by atoms with Gasteiger partial charge < -0.3 is 9.32 Å². The highest BCUT2D eigenvalue weighted by atomic mass is 79.9. The van der Waals surface area contributed by atoms with Gasteiger partial charge in [0.15, 0.2) is 5.66 Å². The number of benzene rings is 2. The van der Waals surface area contributed by atoms with Crippen LogP contribution in [0.3, 0.4) is 0 Å². The lowest BCUT2D eigenvalue weighted by Crippen LogP contribution is -2.39. The Labute approximate surface area is 211 Å². The molecule has 2 aliphatic heterocycles. The van der Waals surface area contributed by atoms with Gasteiger partial charge in [0.25, 0.3) is 0 Å². The third kappa shape index (κ3) is 4.47. The molecule has 2 aliphatic rings. The first-order valence-corrected chi connectivity index (χ1v) is 12.4. The number of pyridine rings is 1. The topological polar surface area (TPSA) is 79.8 Å². The summed E-state index contributed by atoms with van der Waals surface area (Å²) in [6.07, 6.45) is 7.31. The van der Waals surface area contributed by atoms with Crippen LogP contribution in [-0.2, 0) is 0 Å². The third-order valence-corrected chi connectivity index (χ3v) is 6.99. The number of para-hydroxylation sites is 1. The van der Waals surface area contributed by atoms with E-state index in [0.717, 1.165) is 63.9 Å². The number of hydrogen-bond acceptors (Lipinski definition) is 7.